The molecule has 2 aromatic rings. The Morgan fingerprint density at radius 1 is 1.25 bits per heavy atom. The number of benzene rings is 1. The average molecular weight is 348 g/mol. The van der Waals surface area contributed by atoms with Crippen molar-refractivity contribution in [3.8, 4) is 0 Å². The molecular formula is C18H24N2O3S. The van der Waals surface area contributed by atoms with Gasteiger partial charge in [-0.1, -0.05) is 12.1 Å². The monoisotopic (exact) mass is 348 g/mol. The van der Waals surface area contributed by atoms with Gasteiger partial charge in [-0.2, -0.15) is 0 Å². The van der Waals surface area contributed by atoms with Crippen LogP contribution in [0.25, 0.3) is 0 Å². The molecule has 0 aliphatic carbocycles. The fraction of sp³-hybridized carbons (Fsp3) is 0.389. The molecule has 6 heteroatoms. The number of carbonyl (C=O) groups is 1. The minimum absolute atomic E-state index is 0.222. The van der Waals surface area contributed by atoms with Crippen LogP contribution in [0.4, 0.5) is 10.5 Å². The van der Waals surface area contributed by atoms with Crippen molar-refractivity contribution in [2.45, 2.75) is 37.8 Å². The molecule has 0 radical (unpaired) electrons. The number of hydrogen-bond acceptors (Lipinski definition) is 3. The number of urea groups is 1. The molecule has 2 rings (SSSR count). The number of carbonyl (C=O) groups excluding carboxylic acids is 1. The van der Waals surface area contributed by atoms with Gasteiger partial charge in [-0.15, -0.1) is 0 Å². The first-order valence-electron chi connectivity index (χ1n) is 7.77. The van der Waals surface area contributed by atoms with Crippen molar-refractivity contribution >= 4 is 22.5 Å². The smallest absolute Gasteiger partial charge is 0.321 e. The molecule has 1 atom stereocenters. The molecule has 0 bridgehead atoms. The third-order valence-corrected chi connectivity index (χ3v) is 5.44. The molecule has 0 spiro atoms. The van der Waals surface area contributed by atoms with E-state index in [4.69, 9.17) is 4.42 Å². The van der Waals surface area contributed by atoms with Crippen molar-refractivity contribution in [3.63, 3.8) is 0 Å². The summed E-state index contributed by atoms with van der Waals surface area (Å²) >= 11 is 0. The third-order valence-electron chi connectivity index (χ3n) is 3.48. The number of nitrogens with one attached hydrogen (secondary N) is 1. The number of anilines is 1. The van der Waals surface area contributed by atoms with E-state index in [1.807, 2.05) is 51.1 Å². The molecule has 1 aromatic heterocycles. The molecule has 1 aromatic carbocycles. The van der Waals surface area contributed by atoms with E-state index in [-0.39, 0.29) is 10.8 Å². The molecule has 2 amide bonds. The second-order valence-electron chi connectivity index (χ2n) is 6.67. The van der Waals surface area contributed by atoms with Crippen molar-refractivity contribution in [3.05, 3.63) is 54.0 Å². The van der Waals surface area contributed by atoms with Gasteiger partial charge in [0.05, 0.1) is 12.8 Å². The highest BCUT2D eigenvalue weighted by Gasteiger charge is 2.19. The lowest BCUT2D eigenvalue weighted by atomic mass is 10.2. The molecule has 1 heterocycles. The molecule has 0 saturated carbocycles. The first kappa shape index (κ1) is 18.3. The zero-order valence-corrected chi connectivity index (χ0v) is 15.4. The second kappa shape index (κ2) is 7.66. The summed E-state index contributed by atoms with van der Waals surface area (Å²) in [7, 11) is 0.729. The van der Waals surface area contributed by atoms with Crippen molar-refractivity contribution in [1.29, 1.82) is 0 Å². The number of rotatable bonds is 5. The minimum Gasteiger partial charge on any atom is -0.467 e. The molecule has 24 heavy (non-hydrogen) atoms. The first-order valence-corrected chi connectivity index (χ1v) is 9.09. The summed E-state index contributed by atoms with van der Waals surface area (Å²) in [5.41, 5.74) is 1.63. The zero-order chi connectivity index (χ0) is 17.7. The topological polar surface area (TPSA) is 62.6 Å². The fourth-order valence-corrected chi connectivity index (χ4v) is 2.95. The SMILES string of the molecule is CN(Cc1ccco1)C(=O)Nc1cccc(CS(=O)C(C)(C)C)c1. The minimum atomic E-state index is -0.975. The molecule has 0 aliphatic heterocycles. The Bertz CT molecular complexity index is 705. The summed E-state index contributed by atoms with van der Waals surface area (Å²) in [6, 6.07) is 10.9. The lowest BCUT2D eigenvalue weighted by Crippen LogP contribution is -2.30. The Kier molecular flexibility index (Phi) is 5.83. The molecule has 130 valence electrons. The van der Waals surface area contributed by atoms with Gasteiger partial charge in [0.2, 0.25) is 0 Å². The van der Waals surface area contributed by atoms with Gasteiger partial charge >= 0.3 is 6.03 Å². The summed E-state index contributed by atoms with van der Waals surface area (Å²) < 4.78 is 17.2. The maximum atomic E-state index is 12.3. The van der Waals surface area contributed by atoms with Crippen LogP contribution in [0.15, 0.2) is 47.1 Å². The van der Waals surface area contributed by atoms with Crippen molar-refractivity contribution in [1.82, 2.24) is 4.90 Å². The van der Waals surface area contributed by atoms with Gasteiger partial charge in [0.25, 0.3) is 0 Å². The summed E-state index contributed by atoms with van der Waals surface area (Å²) in [4.78, 5) is 13.8. The van der Waals surface area contributed by atoms with Crippen LogP contribution in [0.3, 0.4) is 0 Å². The highest BCUT2D eigenvalue weighted by Crippen LogP contribution is 2.19. The molecule has 0 fully saturated rings. The highest BCUT2D eigenvalue weighted by atomic mass is 32.2. The Balaban J connectivity index is 1.98. The van der Waals surface area contributed by atoms with Gasteiger partial charge in [-0.25, -0.2) is 4.79 Å². The summed E-state index contributed by atoms with van der Waals surface area (Å²) in [5, 5.41) is 2.85. The van der Waals surface area contributed by atoms with Gasteiger partial charge in [0, 0.05) is 34.0 Å². The Morgan fingerprint density at radius 2 is 2.00 bits per heavy atom. The second-order valence-corrected chi connectivity index (χ2v) is 8.87. The van der Waals surface area contributed by atoms with Gasteiger partial charge in [0.1, 0.15) is 5.76 Å². The van der Waals surface area contributed by atoms with Crippen molar-refractivity contribution in [2.75, 3.05) is 12.4 Å². The predicted octanol–water partition coefficient (Wildman–Crippen LogP) is 3.99. The van der Waals surface area contributed by atoms with E-state index in [1.165, 1.54) is 0 Å². The van der Waals surface area contributed by atoms with Crippen LogP contribution >= 0.6 is 0 Å². The number of furan rings is 1. The van der Waals surface area contributed by atoms with Crippen LogP contribution in [0, 0.1) is 0 Å². The summed E-state index contributed by atoms with van der Waals surface area (Å²) in [5.74, 6) is 1.19. The fourth-order valence-electron chi connectivity index (χ4n) is 2.03. The molecule has 0 saturated heterocycles. The highest BCUT2D eigenvalue weighted by molar-refractivity contribution is 7.85. The predicted molar refractivity (Wildman–Crippen MR) is 97.2 cm³/mol. The Morgan fingerprint density at radius 3 is 2.62 bits per heavy atom. The lowest BCUT2D eigenvalue weighted by molar-refractivity contribution is 0.217. The van der Waals surface area contributed by atoms with Crippen LogP contribution in [0.2, 0.25) is 0 Å². The van der Waals surface area contributed by atoms with E-state index < -0.39 is 10.8 Å². The van der Waals surface area contributed by atoms with E-state index in [0.717, 1.165) is 11.3 Å². The lowest BCUT2D eigenvalue weighted by Gasteiger charge is -2.19. The third kappa shape index (κ3) is 5.23. The maximum absolute atomic E-state index is 12.3. The Labute approximate surface area is 145 Å². The molecule has 1 N–H and O–H groups in total. The largest absolute Gasteiger partial charge is 0.467 e. The van der Waals surface area contributed by atoms with Crippen LogP contribution in [-0.2, 0) is 23.1 Å². The van der Waals surface area contributed by atoms with Gasteiger partial charge in [-0.05, 0) is 50.6 Å². The standard InChI is InChI=1S/C18H24N2O3S/c1-18(2,3)24(22)13-14-7-5-8-15(11-14)19-17(21)20(4)12-16-9-6-10-23-16/h5-11H,12-13H2,1-4H3,(H,19,21). The van der Waals surface area contributed by atoms with Crippen LogP contribution in [-0.4, -0.2) is 26.9 Å². The van der Waals surface area contributed by atoms with E-state index in [0.29, 0.717) is 18.0 Å². The van der Waals surface area contributed by atoms with E-state index in [1.54, 1.807) is 24.3 Å². The van der Waals surface area contributed by atoms with Crippen molar-refractivity contribution in [2.24, 2.45) is 0 Å². The van der Waals surface area contributed by atoms with Gasteiger partial charge in [-0.3, -0.25) is 4.21 Å². The molecule has 5 nitrogen and oxygen atoms in total. The van der Waals surface area contributed by atoms with Gasteiger partial charge in [0.15, 0.2) is 0 Å². The number of hydrogen-bond donors (Lipinski definition) is 1. The Hall–Kier alpha value is -2.08. The number of amides is 2. The van der Waals surface area contributed by atoms with Crippen LogP contribution < -0.4 is 5.32 Å². The quantitative estimate of drug-likeness (QED) is 0.888. The maximum Gasteiger partial charge on any atom is 0.321 e. The summed E-state index contributed by atoms with van der Waals surface area (Å²) in [6.45, 7) is 6.27. The molecule has 0 aliphatic rings. The van der Waals surface area contributed by atoms with E-state index in [2.05, 4.69) is 5.32 Å². The van der Waals surface area contributed by atoms with Crippen molar-refractivity contribution < 1.29 is 13.4 Å². The zero-order valence-electron chi connectivity index (χ0n) is 14.5. The van der Waals surface area contributed by atoms with Crippen LogP contribution in [0.5, 0.6) is 0 Å². The van der Waals surface area contributed by atoms with Gasteiger partial charge < -0.3 is 14.6 Å². The molecular weight excluding hydrogens is 324 g/mol. The average Bonchev–Trinajstić information content (AvgIpc) is 2.99. The summed E-state index contributed by atoms with van der Waals surface area (Å²) in [6.07, 6.45) is 1.58. The first-order chi connectivity index (χ1) is 11.3. The normalized spacial score (nSPS) is 12.7. The molecule has 1 unspecified atom stereocenters. The van der Waals surface area contributed by atoms with E-state index >= 15 is 0 Å². The van der Waals surface area contributed by atoms with E-state index in [9.17, 15) is 9.00 Å². The number of nitrogens with zero attached hydrogens (tertiary/aromatic N) is 1. The van der Waals surface area contributed by atoms with Crippen LogP contribution in [0.1, 0.15) is 32.1 Å².